The lowest BCUT2D eigenvalue weighted by Crippen LogP contribution is -2.27. The molecule has 1 N–H and O–H groups in total. The van der Waals surface area contributed by atoms with E-state index in [1.165, 1.54) is 32.1 Å². The number of amides is 1. The molecule has 30 heavy (non-hydrogen) atoms. The Labute approximate surface area is 176 Å². The molecule has 3 rings (SSSR count). The first kappa shape index (κ1) is 21.9. The Bertz CT molecular complexity index is 887. The number of carbonyl (C=O) groups is 1. The molecule has 1 amide bonds. The predicted molar refractivity (Wildman–Crippen MR) is 114 cm³/mol. The number of fused-ring (bicyclic) bond motifs is 1. The van der Waals surface area contributed by atoms with Crippen molar-refractivity contribution < 1.29 is 19.5 Å². The maximum absolute atomic E-state index is 12.5. The Kier molecular flexibility index (Phi) is 7.54. The Hall–Kier alpha value is -2.77. The third kappa shape index (κ3) is 5.43. The van der Waals surface area contributed by atoms with Gasteiger partial charge in [0.25, 0.3) is 5.09 Å². The smallest absolute Gasteiger partial charge is 0.294 e. The molecule has 0 radical (unpaired) electrons. The summed E-state index contributed by atoms with van der Waals surface area (Å²) in [6, 6.07) is 6.06. The molecule has 0 saturated heterocycles. The molecule has 2 aromatic rings. The van der Waals surface area contributed by atoms with Crippen molar-refractivity contribution in [3.05, 3.63) is 39.6 Å². The van der Waals surface area contributed by atoms with E-state index < -0.39 is 5.09 Å². The molecule has 1 saturated carbocycles. The maximum Gasteiger partial charge on any atom is 0.294 e. The quantitative estimate of drug-likeness (QED) is 0.360. The van der Waals surface area contributed by atoms with Crippen LogP contribution < -0.4 is 10.1 Å². The van der Waals surface area contributed by atoms with Crippen LogP contribution in [-0.4, -0.2) is 35.8 Å². The number of rotatable bonds is 10. The zero-order valence-corrected chi connectivity index (χ0v) is 17.8. The lowest BCUT2D eigenvalue weighted by atomic mass is 9.89. The van der Waals surface area contributed by atoms with Crippen molar-refractivity contribution in [2.75, 3.05) is 20.3 Å². The van der Waals surface area contributed by atoms with Crippen LogP contribution in [0, 0.1) is 23.0 Å². The zero-order valence-electron chi connectivity index (χ0n) is 17.8. The summed E-state index contributed by atoms with van der Waals surface area (Å²) in [5, 5.41) is 13.2. The number of benzene rings is 1. The first-order chi connectivity index (χ1) is 14.5. The molecule has 0 spiro atoms. The third-order valence-electron chi connectivity index (χ3n) is 6.00. The molecular formula is C22H31N3O5. The van der Waals surface area contributed by atoms with Gasteiger partial charge in [0.1, 0.15) is 5.75 Å². The summed E-state index contributed by atoms with van der Waals surface area (Å²) in [5.74, 6) is 1.35. The second-order valence-electron chi connectivity index (χ2n) is 8.00. The van der Waals surface area contributed by atoms with Gasteiger partial charge in [-0.25, -0.2) is 0 Å². The topological polar surface area (TPSA) is 95.6 Å². The van der Waals surface area contributed by atoms with Crippen LogP contribution in [-0.2, 0) is 22.6 Å². The molecule has 1 aromatic carbocycles. The molecule has 8 nitrogen and oxygen atoms in total. The third-order valence-corrected chi connectivity index (χ3v) is 6.00. The highest BCUT2D eigenvalue weighted by molar-refractivity contribution is 5.91. The summed E-state index contributed by atoms with van der Waals surface area (Å²) in [4.78, 5) is 27.0. The van der Waals surface area contributed by atoms with Crippen LogP contribution in [0.5, 0.6) is 5.75 Å². The molecule has 0 atom stereocenters. The van der Waals surface area contributed by atoms with Crippen LogP contribution in [0.15, 0.2) is 18.2 Å². The number of hydrogen-bond donors (Lipinski definition) is 1. The van der Waals surface area contributed by atoms with Crippen molar-refractivity contribution in [2.24, 2.45) is 5.92 Å². The van der Waals surface area contributed by atoms with Gasteiger partial charge in [-0.2, -0.15) is 0 Å². The van der Waals surface area contributed by atoms with E-state index in [9.17, 15) is 14.9 Å². The fraction of sp³-hybridized carbons (Fsp3) is 0.591. The molecule has 0 unspecified atom stereocenters. The zero-order chi connectivity index (χ0) is 21.5. The Morgan fingerprint density at radius 3 is 2.77 bits per heavy atom. The van der Waals surface area contributed by atoms with Crippen LogP contribution >= 0.6 is 0 Å². The molecule has 1 aliphatic carbocycles. The van der Waals surface area contributed by atoms with Crippen molar-refractivity contribution in [2.45, 2.75) is 58.4 Å². The van der Waals surface area contributed by atoms with Gasteiger partial charge >= 0.3 is 0 Å². The number of methoxy groups -OCH3 is 1. The van der Waals surface area contributed by atoms with Gasteiger partial charge in [-0.3, -0.25) is 4.79 Å². The van der Waals surface area contributed by atoms with Gasteiger partial charge in [0.2, 0.25) is 5.91 Å². The monoisotopic (exact) mass is 417 g/mol. The SMILES string of the molecule is COc1ccc2c(c1)c(CC(=O)NCCCO[N+](=O)[O-])c(C)n2CC1CCCCC1. The van der Waals surface area contributed by atoms with Crippen LogP contribution in [0.4, 0.5) is 0 Å². The standard InChI is InChI=1S/C22H31N3O5/c1-16-19(14-22(26)23-11-6-12-30-25(27)28)20-13-18(29-2)9-10-21(20)24(16)15-17-7-4-3-5-8-17/h9-10,13,17H,3-8,11-12,14-15H2,1-2H3,(H,23,26). The minimum Gasteiger partial charge on any atom is -0.497 e. The van der Waals surface area contributed by atoms with Gasteiger partial charge in [-0.05, 0) is 55.9 Å². The first-order valence-electron chi connectivity index (χ1n) is 10.7. The number of hydrogen-bond acceptors (Lipinski definition) is 5. The molecule has 1 aliphatic rings. The lowest BCUT2D eigenvalue weighted by Gasteiger charge is -2.23. The average Bonchev–Trinajstić information content (AvgIpc) is 2.99. The first-order valence-corrected chi connectivity index (χ1v) is 10.7. The number of ether oxygens (including phenoxy) is 1. The summed E-state index contributed by atoms with van der Waals surface area (Å²) in [5.41, 5.74) is 3.27. The minimum atomic E-state index is -0.820. The number of nitrogens with zero attached hydrogens (tertiary/aromatic N) is 2. The highest BCUT2D eigenvalue weighted by Crippen LogP contribution is 2.33. The van der Waals surface area contributed by atoms with E-state index in [1.54, 1.807) is 7.11 Å². The van der Waals surface area contributed by atoms with Crippen molar-refractivity contribution >= 4 is 16.8 Å². The summed E-state index contributed by atoms with van der Waals surface area (Å²) in [7, 11) is 1.65. The van der Waals surface area contributed by atoms with E-state index in [-0.39, 0.29) is 18.9 Å². The fourth-order valence-electron chi connectivity index (χ4n) is 4.41. The lowest BCUT2D eigenvalue weighted by molar-refractivity contribution is -0.757. The van der Waals surface area contributed by atoms with E-state index in [0.717, 1.165) is 34.5 Å². The summed E-state index contributed by atoms with van der Waals surface area (Å²) in [6.45, 7) is 3.39. The second-order valence-corrected chi connectivity index (χ2v) is 8.00. The maximum atomic E-state index is 12.5. The van der Waals surface area contributed by atoms with Crippen molar-refractivity contribution in [1.29, 1.82) is 0 Å². The highest BCUT2D eigenvalue weighted by Gasteiger charge is 2.21. The van der Waals surface area contributed by atoms with E-state index in [2.05, 4.69) is 27.7 Å². The number of nitrogens with one attached hydrogen (secondary N) is 1. The Morgan fingerprint density at radius 2 is 2.07 bits per heavy atom. The van der Waals surface area contributed by atoms with E-state index in [0.29, 0.717) is 18.9 Å². The number of carbonyl (C=O) groups excluding carboxylic acids is 1. The van der Waals surface area contributed by atoms with Gasteiger partial charge in [0.05, 0.1) is 20.1 Å². The highest BCUT2D eigenvalue weighted by atomic mass is 16.9. The largest absolute Gasteiger partial charge is 0.497 e. The van der Waals surface area contributed by atoms with Gasteiger partial charge in [-0.1, -0.05) is 19.3 Å². The molecule has 8 heteroatoms. The molecule has 164 valence electrons. The summed E-state index contributed by atoms with van der Waals surface area (Å²) < 4.78 is 7.77. The molecule has 0 aliphatic heterocycles. The molecule has 0 bridgehead atoms. The van der Waals surface area contributed by atoms with E-state index >= 15 is 0 Å². The predicted octanol–water partition coefficient (Wildman–Crippen LogP) is 3.80. The van der Waals surface area contributed by atoms with Crippen LogP contribution in [0.3, 0.4) is 0 Å². The van der Waals surface area contributed by atoms with Crippen molar-refractivity contribution in [3.63, 3.8) is 0 Å². The Balaban J connectivity index is 1.75. The Morgan fingerprint density at radius 1 is 1.30 bits per heavy atom. The summed E-state index contributed by atoms with van der Waals surface area (Å²) >= 11 is 0. The van der Waals surface area contributed by atoms with Gasteiger partial charge < -0.3 is 19.5 Å². The van der Waals surface area contributed by atoms with E-state index in [1.807, 2.05) is 12.1 Å². The van der Waals surface area contributed by atoms with Crippen LogP contribution in [0.25, 0.3) is 10.9 Å². The van der Waals surface area contributed by atoms with E-state index in [4.69, 9.17) is 4.74 Å². The molecular weight excluding hydrogens is 386 g/mol. The van der Waals surface area contributed by atoms with Crippen molar-refractivity contribution in [1.82, 2.24) is 9.88 Å². The molecule has 1 heterocycles. The van der Waals surface area contributed by atoms with Crippen molar-refractivity contribution in [3.8, 4) is 5.75 Å². The molecule has 1 fully saturated rings. The van der Waals surface area contributed by atoms with Crippen LogP contribution in [0.1, 0.15) is 49.8 Å². The normalized spacial score (nSPS) is 14.6. The number of aromatic nitrogens is 1. The summed E-state index contributed by atoms with van der Waals surface area (Å²) in [6.07, 6.45) is 7.11. The fourth-order valence-corrected chi connectivity index (χ4v) is 4.41. The average molecular weight is 418 g/mol. The van der Waals surface area contributed by atoms with Gasteiger partial charge in [0, 0.05) is 29.7 Å². The van der Waals surface area contributed by atoms with Crippen LogP contribution in [0.2, 0.25) is 0 Å². The second kappa shape index (κ2) is 10.3. The molecule has 1 aromatic heterocycles. The van der Waals surface area contributed by atoms with Gasteiger partial charge in [-0.15, -0.1) is 10.1 Å². The van der Waals surface area contributed by atoms with Gasteiger partial charge in [0.15, 0.2) is 0 Å². The minimum absolute atomic E-state index is 0.0236.